The number of furan rings is 1. The van der Waals surface area contributed by atoms with Crippen molar-refractivity contribution in [3.8, 4) is 0 Å². The molecule has 0 saturated carbocycles. The highest BCUT2D eigenvalue weighted by Gasteiger charge is 2.24. The van der Waals surface area contributed by atoms with Crippen molar-refractivity contribution in [1.29, 1.82) is 0 Å². The topological polar surface area (TPSA) is 72.3 Å². The van der Waals surface area contributed by atoms with Gasteiger partial charge in [-0.2, -0.15) is 10.2 Å². The normalized spacial score (nSPS) is 15.6. The maximum atomic E-state index is 12.6. The summed E-state index contributed by atoms with van der Waals surface area (Å²) in [6.45, 7) is 4.35. The van der Waals surface area contributed by atoms with Crippen LogP contribution in [0, 0.1) is 0 Å². The highest BCUT2D eigenvalue weighted by molar-refractivity contribution is 5.92. The molecular weight excluding hydrogens is 320 g/mol. The molecule has 0 spiro atoms. The lowest BCUT2D eigenvalue weighted by atomic mass is 10.2. The van der Waals surface area contributed by atoms with E-state index in [0.717, 1.165) is 25.4 Å². The Morgan fingerprint density at radius 3 is 2.68 bits per heavy atom. The predicted molar refractivity (Wildman–Crippen MR) is 89.7 cm³/mol. The van der Waals surface area contributed by atoms with E-state index in [4.69, 9.17) is 4.42 Å². The Balaban J connectivity index is 1.32. The minimum absolute atomic E-state index is 0.0168. The van der Waals surface area contributed by atoms with Crippen molar-refractivity contribution < 1.29 is 9.21 Å². The second-order valence-corrected chi connectivity index (χ2v) is 6.08. The van der Waals surface area contributed by atoms with Crippen molar-refractivity contribution in [1.82, 2.24) is 29.4 Å². The second kappa shape index (κ2) is 6.94. The molecule has 0 radical (unpaired) electrons. The molecule has 0 atom stereocenters. The van der Waals surface area contributed by atoms with Crippen LogP contribution in [0.15, 0.2) is 53.5 Å². The van der Waals surface area contributed by atoms with Crippen molar-refractivity contribution in [2.45, 2.75) is 13.2 Å². The summed E-state index contributed by atoms with van der Waals surface area (Å²) in [5.41, 5.74) is 0.478. The van der Waals surface area contributed by atoms with Gasteiger partial charge in [0.15, 0.2) is 0 Å². The third-order valence-electron chi connectivity index (χ3n) is 4.33. The molecule has 1 aliphatic heterocycles. The quantitative estimate of drug-likeness (QED) is 0.696. The SMILES string of the molecule is O=C(c1ccn(Cn2cccn2)n1)N1CCN(Cc2ccco2)CC1. The third kappa shape index (κ3) is 3.63. The molecule has 1 amide bonds. The van der Waals surface area contributed by atoms with Gasteiger partial charge in [-0.1, -0.05) is 0 Å². The summed E-state index contributed by atoms with van der Waals surface area (Å²) < 4.78 is 8.86. The first-order valence-electron chi connectivity index (χ1n) is 8.33. The first kappa shape index (κ1) is 15.6. The Labute approximate surface area is 145 Å². The zero-order chi connectivity index (χ0) is 17.1. The summed E-state index contributed by atoms with van der Waals surface area (Å²) in [5.74, 6) is 0.939. The van der Waals surface area contributed by atoms with Crippen molar-refractivity contribution in [3.05, 3.63) is 60.6 Å². The summed E-state index contributed by atoms with van der Waals surface area (Å²) in [4.78, 5) is 16.8. The molecule has 0 aromatic carbocycles. The Morgan fingerprint density at radius 2 is 1.96 bits per heavy atom. The number of carbonyl (C=O) groups excluding carboxylic acids is 1. The molecular formula is C17H20N6O2. The van der Waals surface area contributed by atoms with Crippen molar-refractivity contribution in [2.75, 3.05) is 26.2 Å². The fraction of sp³-hybridized carbons (Fsp3) is 0.353. The van der Waals surface area contributed by atoms with Crippen LogP contribution in [0.2, 0.25) is 0 Å². The highest BCUT2D eigenvalue weighted by Crippen LogP contribution is 2.11. The van der Waals surface area contributed by atoms with E-state index < -0.39 is 0 Å². The van der Waals surface area contributed by atoms with Gasteiger partial charge in [-0.15, -0.1) is 0 Å². The van der Waals surface area contributed by atoms with Gasteiger partial charge in [0.2, 0.25) is 0 Å². The van der Waals surface area contributed by atoms with Gasteiger partial charge in [-0.25, -0.2) is 0 Å². The summed E-state index contributed by atoms with van der Waals surface area (Å²) in [5, 5.41) is 8.52. The predicted octanol–water partition coefficient (Wildman–Crippen LogP) is 1.14. The van der Waals surface area contributed by atoms with Crippen LogP contribution in [0.1, 0.15) is 16.2 Å². The fourth-order valence-electron chi connectivity index (χ4n) is 2.98. The minimum atomic E-state index is -0.0168. The van der Waals surface area contributed by atoms with Gasteiger partial charge < -0.3 is 9.32 Å². The van der Waals surface area contributed by atoms with Crippen LogP contribution in [0.25, 0.3) is 0 Å². The number of hydrogen-bond acceptors (Lipinski definition) is 5. The molecule has 1 saturated heterocycles. The van der Waals surface area contributed by atoms with Gasteiger partial charge in [-0.05, 0) is 24.3 Å². The molecule has 0 unspecified atom stereocenters. The fourth-order valence-corrected chi connectivity index (χ4v) is 2.98. The Kier molecular flexibility index (Phi) is 4.34. The van der Waals surface area contributed by atoms with E-state index in [2.05, 4.69) is 15.1 Å². The average molecular weight is 340 g/mol. The number of rotatable bonds is 5. The summed E-state index contributed by atoms with van der Waals surface area (Å²) in [7, 11) is 0. The van der Waals surface area contributed by atoms with E-state index >= 15 is 0 Å². The zero-order valence-corrected chi connectivity index (χ0v) is 13.9. The zero-order valence-electron chi connectivity index (χ0n) is 13.9. The number of hydrogen-bond donors (Lipinski definition) is 0. The number of amides is 1. The Hall–Kier alpha value is -2.87. The summed E-state index contributed by atoms with van der Waals surface area (Å²) >= 11 is 0. The molecule has 4 rings (SSSR count). The van der Waals surface area contributed by atoms with Crippen LogP contribution in [-0.2, 0) is 13.2 Å². The molecule has 25 heavy (non-hydrogen) atoms. The largest absolute Gasteiger partial charge is 0.468 e. The van der Waals surface area contributed by atoms with Crippen LogP contribution in [0.5, 0.6) is 0 Å². The number of nitrogens with zero attached hydrogens (tertiary/aromatic N) is 6. The smallest absolute Gasteiger partial charge is 0.274 e. The molecule has 8 heteroatoms. The standard InChI is InChI=1S/C17H20N6O2/c24-17(16-4-7-23(19-16)14-22-6-2-5-18-22)21-10-8-20(9-11-21)13-15-3-1-12-25-15/h1-7,12H,8-11,13-14H2. The maximum Gasteiger partial charge on any atom is 0.274 e. The second-order valence-electron chi connectivity index (χ2n) is 6.08. The Bertz CT molecular complexity index is 800. The molecule has 0 aliphatic carbocycles. The van der Waals surface area contributed by atoms with E-state index in [9.17, 15) is 4.79 Å². The molecule has 3 aromatic rings. The van der Waals surface area contributed by atoms with E-state index in [1.54, 1.807) is 27.9 Å². The van der Waals surface area contributed by atoms with Gasteiger partial charge in [0.1, 0.15) is 18.1 Å². The van der Waals surface area contributed by atoms with Crippen LogP contribution >= 0.6 is 0 Å². The molecule has 0 bridgehead atoms. The van der Waals surface area contributed by atoms with Crippen LogP contribution in [0.4, 0.5) is 0 Å². The summed E-state index contributed by atoms with van der Waals surface area (Å²) in [6.07, 6.45) is 7.08. The van der Waals surface area contributed by atoms with Crippen LogP contribution in [-0.4, -0.2) is 61.4 Å². The van der Waals surface area contributed by atoms with E-state index in [1.165, 1.54) is 0 Å². The van der Waals surface area contributed by atoms with Crippen molar-refractivity contribution in [2.24, 2.45) is 0 Å². The lowest BCUT2D eigenvalue weighted by Crippen LogP contribution is -2.48. The lowest BCUT2D eigenvalue weighted by Gasteiger charge is -2.33. The van der Waals surface area contributed by atoms with E-state index in [-0.39, 0.29) is 5.91 Å². The Morgan fingerprint density at radius 1 is 1.08 bits per heavy atom. The van der Waals surface area contributed by atoms with Gasteiger partial charge >= 0.3 is 0 Å². The lowest BCUT2D eigenvalue weighted by molar-refractivity contribution is 0.0613. The first-order chi connectivity index (χ1) is 12.3. The van der Waals surface area contributed by atoms with Crippen LogP contribution in [0.3, 0.4) is 0 Å². The highest BCUT2D eigenvalue weighted by atomic mass is 16.3. The third-order valence-corrected chi connectivity index (χ3v) is 4.33. The van der Waals surface area contributed by atoms with Crippen LogP contribution < -0.4 is 0 Å². The van der Waals surface area contributed by atoms with E-state index in [0.29, 0.717) is 25.5 Å². The molecule has 8 nitrogen and oxygen atoms in total. The van der Waals surface area contributed by atoms with Gasteiger partial charge in [0, 0.05) is 44.8 Å². The minimum Gasteiger partial charge on any atom is -0.468 e. The maximum absolute atomic E-state index is 12.6. The molecule has 1 fully saturated rings. The van der Waals surface area contributed by atoms with Gasteiger partial charge in [-0.3, -0.25) is 19.1 Å². The van der Waals surface area contributed by atoms with E-state index in [1.807, 2.05) is 35.5 Å². The number of carbonyl (C=O) groups is 1. The average Bonchev–Trinajstić information content (AvgIpc) is 3.38. The first-order valence-corrected chi connectivity index (χ1v) is 8.33. The van der Waals surface area contributed by atoms with Gasteiger partial charge in [0.25, 0.3) is 5.91 Å². The molecule has 130 valence electrons. The summed E-state index contributed by atoms with van der Waals surface area (Å²) in [6, 6.07) is 7.50. The van der Waals surface area contributed by atoms with Gasteiger partial charge in [0.05, 0.1) is 12.8 Å². The number of piperazine rings is 1. The van der Waals surface area contributed by atoms with Crippen molar-refractivity contribution >= 4 is 5.91 Å². The number of aromatic nitrogens is 4. The van der Waals surface area contributed by atoms with Crippen molar-refractivity contribution in [3.63, 3.8) is 0 Å². The molecule has 1 aliphatic rings. The molecule has 4 heterocycles. The molecule has 3 aromatic heterocycles. The monoisotopic (exact) mass is 340 g/mol. The molecule has 0 N–H and O–H groups in total.